The van der Waals surface area contributed by atoms with E-state index in [-0.39, 0.29) is 0 Å². The van der Waals surface area contributed by atoms with Crippen molar-refractivity contribution in [3.05, 3.63) is 22.6 Å². The molecule has 0 radical (unpaired) electrons. The van der Waals surface area contributed by atoms with Crippen LogP contribution in [0.1, 0.15) is 42.1 Å². The molecule has 1 N–H and O–H groups in total. The van der Waals surface area contributed by atoms with Crippen molar-refractivity contribution in [2.24, 2.45) is 0 Å². The minimum atomic E-state index is -0.575. The molecule has 3 nitrogen and oxygen atoms in total. The highest BCUT2D eigenvalue weighted by atomic mass is 16.5. The van der Waals surface area contributed by atoms with Crippen molar-refractivity contribution in [2.45, 2.75) is 40.2 Å². The second-order valence-electron chi connectivity index (χ2n) is 3.84. The van der Waals surface area contributed by atoms with Crippen molar-refractivity contribution in [1.29, 1.82) is 0 Å². The van der Waals surface area contributed by atoms with E-state index >= 15 is 0 Å². The smallest absolute Gasteiger partial charge is 0.107 e. The maximum absolute atomic E-state index is 9.94. The number of aryl methyl sites for hydroxylation is 2. The van der Waals surface area contributed by atoms with Crippen LogP contribution in [0.2, 0.25) is 0 Å². The lowest BCUT2D eigenvalue weighted by Gasteiger charge is -2.11. The van der Waals surface area contributed by atoms with Gasteiger partial charge in [0.2, 0.25) is 0 Å². The molecule has 3 heteroatoms. The maximum Gasteiger partial charge on any atom is 0.107 e. The summed E-state index contributed by atoms with van der Waals surface area (Å²) < 4.78 is 10.8. The lowest BCUT2D eigenvalue weighted by atomic mass is 10.1. The van der Waals surface area contributed by atoms with Crippen molar-refractivity contribution >= 4 is 0 Å². The molecule has 0 amide bonds. The topological polar surface area (TPSA) is 42.6 Å². The molecule has 0 aliphatic heterocycles. The van der Waals surface area contributed by atoms with E-state index in [1.807, 2.05) is 27.7 Å². The predicted molar refractivity (Wildman–Crippen MR) is 59.0 cm³/mol. The Hall–Kier alpha value is -0.800. The summed E-state index contributed by atoms with van der Waals surface area (Å²) in [6.45, 7) is 8.82. The van der Waals surface area contributed by atoms with Crippen LogP contribution in [0, 0.1) is 20.8 Å². The second kappa shape index (κ2) is 5.33. The number of hydrogen-bond acceptors (Lipinski definition) is 3. The monoisotopic (exact) mass is 212 g/mol. The third-order valence-corrected chi connectivity index (χ3v) is 2.57. The highest BCUT2D eigenvalue weighted by molar-refractivity contribution is 5.33. The molecule has 0 saturated carbocycles. The first-order chi connectivity index (χ1) is 7.07. The fraction of sp³-hybridized carbons (Fsp3) is 0.667. The number of aliphatic hydroxyl groups excluding tert-OH is 1. The Morgan fingerprint density at radius 1 is 1.27 bits per heavy atom. The Kier molecular flexibility index (Phi) is 4.36. The number of furan rings is 1. The number of hydrogen-bond donors (Lipinski definition) is 1. The number of ether oxygens (including phenoxy) is 1. The minimum Gasteiger partial charge on any atom is -0.466 e. The lowest BCUT2D eigenvalue weighted by molar-refractivity contribution is 0.0354. The fourth-order valence-electron chi connectivity index (χ4n) is 1.72. The zero-order valence-electron chi connectivity index (χ0n) is 9.96. The Balaban J connectivity index is 2.68. The van der Waals surface area contributed by atoms with Gasteiger partial charge in [-0.15, -0.1) is 0 Å². The highest BCUT2D eigenvalue weighted by Gasteiger charge is 2.18. The van der Waals surface area contributed by atoms with E-state index in [0.717, 1.165) is 29.1 Å². The van der Waals surface area contributed by atoms with Gasteiger partial charge in [-0.2, -0.15) is 0 Å². The van der Waals surface area contributed by atoms with Gasteiger partial charge in [0.25, 0.3) is 0 Å². The number of aliphatic hydroxyl groups is 1. The Bertz CT molecular complexity index is 315. The minimum absolute atomic E-state index is 0.342. The Labute approximate surface area is 91.1 Å². The second-order valence-corrected chi connectivity index (χ2v) is 3.84. The van der Waals surface area contributed by atoms with Crippen molar-refractivity contribution in [1.82, 2.24) is 0 Å². The number of rotatable bonds is 5. The summed E-state index contributed by atoms with van der Waals surface area (Å²) in [5.41, 5.74) is 1.91. The van der Waals surface area contributed by atoms with Gasteiger partial charge >= 0.3 is 0 Å². The van der Waals surface area contributed by atoms with Gasteiger partial charge in [-0.3, -0.25) is 0 Å². The summed E-state index contributed by atoms with van der Waals surface area (Å²) >= 11 is 0. The van der Waals surface area contributed by atoms with Gasteiger partial charge in [-0.1, -0.05) is 6.92 Å². The van der Waals surface area contributed by atoms with E-state index in [1.54, 1.807) is 0 Å². The molecule has 0 aromatic carbocycles. The van der Waals surface area contributed by atoms with E-state index in [9.17, 15) is 5.11 Å². The van der Waals surface area contributed by atoms with E-state index in [4.69, 9.17) is 9.15 Å². The molecule has 0 spiro atoms. The van der Waals surface area contributed by atoms with Crippen molar-refractivity contribution in [2.75, 3.05) is 13.2 Å². The first-order valence-electron chi connectivity index (χ1n) is 5.40. The normalized spacial score (nSPS) is 13.1. The highest BCUT2D eigenvalue weighted by Crippen LogP contribution is 2.27. The largest absolute Gasteiger partial charge is 0.466 e. The molecular weight excluding hydrogens is 192 g/mol. The van der Waals surface area contributed by atoms with Crippen molar-refractivity contribution < 1.29 is 14.3 Å². The maximum atomic E-state index is 9.94. The van der Waals surface area contributed by atoms with Gasteiger partial charge in [-0.05, 0) is 32.8 Å². The zero-order chi connectivity index (χ0) is 11.4. The molecule has 1 unspecified atom stereocenters. The first kappa shape index (κ1) is 12.3. The molecule has 1 heterocycles. The molecule has 0 aliphatic carbocycles. The molecule has 1 rings (SSSR count). The first-order valence-corrected chi connectivity index (χ1v) is 5.40. The molecule has 0 bridgehead atoms. The van der Waals surface area contributed by atoms with E-state index in [1.165, 1.54) is 0 Å². The molecule has 0 aliphatic rings. The SMILES string of the molecule is CCCOCC(O)c1c(C)oc(C)c1C. The van der Waals surface area contributed by atoms with Crippen LogP contribution >= 0.6 is 0 Å². The molecule has 86 valence electrons. The van der Waals surface area contributed by atoms with E-state index in [0.29, 0.717) is 13.2 Å². The van der Waals surface area contributed by atoms with Gasteiger partial charge in [0.05, 0.1) is 6.61 Å². The molecule has 15 heavy (non-hydrogen) atoms. The van der Waals surface area contributed by atoms with Crippen LogP contribution in [0.4, 0.5) is 0 Å². The van der Waals surface area contributed by atoms with E-state index < -0.39 is 6.10 Å². The summed E-state index contributed by atoms with van der Waals surface area (Å²) in [5.74, 6) is 1.66. The molecule has 0 saturated heterocycles. The van der Waals surface area contributed by atoms with Crippen LogP contribution in [-0.2, 0) is 4.74 Å². The molecule has 1 aromatic rings. The molecular formula is C12H20O3. The van der Waals surface area contributed by atoms with Gasteiger partial charge in [0, 0.05) is 12.2 Å². The average molecular weight is 212 g/mol. The van der Waals surface area contributed by atoms with Gasteiger partial charge < -0.3 is 14.3 Å². The van der Waals surface area contributed by atoms with Crippen LogP contribution in [-0.4, -0.2) is 18.3 Å². The fourth-order valence-corrected chi connectivity index (χ4v) is 1.72. The van der Waals surface area contributed by atoms with Crippen LogP contribution in [0.5, 0.6) is 0 Å². The Morgan fingerprint density at radius 3 is 2.40 bits per heavy atom. The third-order valence-electron chi connectivity index (χ3n) is 2.57. The van der Waals surface area contributed by atoms with Crippen LogP contribution in [0.25, 0.3) is 0 Å². The van der Waals surface area contributed by atoms with Crippen LogP contribution in [0.15, 0.2) is 4.42 Å². The quantitative estimate of drug-likeness (QED) is 0.763. The van der Waals surface area contributed by atoms with E-state index in [2.05, 4.69) is 0 Å². The summed E-state index contributed by atoms with van der Waals surface area (Å²) in [6.07, 6.45) is 0.392. The lowest BCUT2D eigenvalue weighted by Crippen LogP contribution is -2.09. The predicted octanol–water partition coefficient (Wildman–Crippen LogP) is 2.66. The van der Waals surface area contributed by atoms with Gasteiger partial charge in [0.15, 0.2) is 0 Å². The summed E-state index contributed by atoms with van der Waals surface area (Å²) in [7, 11) is 0. The zero-order valence-corrected chi connectivity index (χ0v) is 9.96. The Morgan fingerprint density at radius 2 is 1.93 bits per heavy atom. The molecule has 1 aromatic heterocycles. The molecule has 1 atom stereocenters. The van der Waals surface area contributed by atoms with Gasteiger partial charge in [-0.25, -0.2) is 0 Å². The van der Waals surface area contributed by atoms with Crippen LogP contribution in [0.3, 0.4) is 0 Å². The summed E-state index contributed by atoms with van der Waals surface area (Å²) in [6, 6.07) is 0. The van der Waals surface area contributed by atoms with Crippen molar-refractivity contribution in [3.8, 4) is 0 Å². The van der Waals surface area contributed by atoms with Gasteiger partial charge in [0.1, 0.15) is 17.6 Å². The average Bonchev–Trinajstić information content (AvgIpc) is 2.41. The third kappa shape index (κ3) is 2.83. The summed E-state index contributed by atoms with van der Waals surface area (Å²) in [4.78, 5) is 0. The standard InChI is InChI=1S/C12H20O3/c1-5-6-14-7-11(13)12-8(2)9(3)15-10(12)4/h11,13H,5-7H2,1-4H3. The van der Waals surface area contributed by atoms with Crippen LogP contribution < -0.4 is 0 Å². The van der Waals surface area contributed by atoms with Crippen molar-refractivity contribution in [3.63, 3.8) is 0 Å². The molecule has 0 fully saturated rings. The summed E-state index contributed by atoms with van der Waals surface area (Å²) in [5, 5.41) is 9.94.